The predicted octanol–water partition coefficient (Wildman–Crippen LogP) is 1.60. The summed E-state index contributed by atoms with van der Waals surface area (Å²) in [5.41, 5.74) is 1.61. The Hall–Kier alpha value is -1.32. The summed E-state index contributed by atoms with van der Waals surface area (Å²) in [7, 11) is 0. The van der Waals surface area contributed by atoms with Gasteiger partial charge in [0.1, 0.15) is 0 Å². The maximum atomic E-state index is 11.7. The van der Waals surface area contributed by atoms with Crippen LogP contribution in [0.1, 0.15) is 36.8 Å². The van der Waals surface area contributed by atoms with Crippen molar-refractivity contribution in [2.24, 2.45) is 5.92 Å². The third-order valence-corrected chi connectivity index (χ3v) is 2.32. The summed E-state index contributed by atoms with van der Waals surface area (Å²) in [6.45, 7) is 9.57. The number of hydrogen-bond donors (Lipinski definition) is 1. The molecule has 1 aromatic rings. The van der Waals surface area contributed by atoms with E-state index in [4.69, 9.17) is 0 Å². The molecular formula is C11H19N3O. The van der Waals surface area contributed by atoms with Gasteiger partial charge in [0.25, 0.3) is 5.91 Å². The van der Waals surface area contributed by atoms with Gasteiger partial charge in [-0.1, -0.05) is 13.8 Å². The standard InChI is InChI=1S/C11H19N3O/c1-5-14-9(4)10(7-13-14)11(15)12-6-8(2)3/h7-8H,5-6H2,1-4H3,(H,12,15). The average Bonchev–Trinajstić information content (AvgIpc) is 2.56. The zero-order valence-electron chi connectivity index (χ0n) is 9.87. The topological polar surface area (TPSA) is 46.9 Å². The van der Waals surface area contributed by atoms with Crippen LogP contribution >= 0.6 is 0 Å². The minimum atomic E-state index is -0.0269. The van der Waals surface area contributed by atoms with Crippen molar-refractivity contribution in [3.05, 3.63) is 17.5 Å². The van der Waals surface area contributed by atoms with Crippen molar-refractivity contribution in [2.75, 3.05) is 6.54 Å². The van der Waals surface area contributed by atoms with E-state index in [1.165, 1.54) is 0 Å². The van der Waals surface area contributed by atoms with Crippen LogP contribution in [0.2, 0.25) is 0 Å². The summed E-state index contributed by atoms with van der Waals surface area (Å²) in [5.74, 6) is 0.441. The van der Waals surface area contributed by atoms with Gasteiger partial charge in [-0.15, -0.1) is 0 Å². The maximum Gasteiger partial charge on any atom is 0.254 e. The van der Waals surface area contributed by atoms with Gasteiger partial charge in [-0.05, 0) is 19.8 Å². The van der Waals surface area contributed by atoms with Crippen LogP contribution < -0.4 is 5.32 Å². The summed E-state index contributed by atoms with van der Waals surface area (Å²) >= 11 is 0. The molecule has 0 aliphatic heterocycles. The lowest BCUT2D eigenvalue weighted by Gasteiger charge is -2.07. The van der Waals surface area contributed by atoms with Gasteiger partial charge in [0.05, 0.1) is 11.8 Å². The first-order valence-corrected chi connectivity index (χ1v) is 5.36. The Morgan fingerprint density at radius 3 is 2.73 bits per heavy atom. The van der Waals surface area contributed by atoms with E-state index >= 15 is 0 Å². The second-order valence-electron chi connectivity index (χ2n) is 4.06. The first kappa shape index (κ1) is 11.8. The summed E-state index contributed by atoms with van der Waals surface area (Å²) < 4.78 is 1.82. The van der Waals surface area contributed by atoms with Crippen LogP contribution in [0, 0.1) is 12.8 Å². The van der Waals surface area contributed by atoms with Crippen LogP contribution in [0.3, 0.4) is 0 Å². The van der Waals surface area contributed by atoms with Crippen LogP contribution in [0.5, 0.6) is 0 Å². The fourth-order valence-electron chi connectivity index (χ4n) is 1.38. The molecule has 0 unspecified atom stereocenters. The number of aromatic nitrogens is 2. The molecule has 0 saturated carbocycles. The predicted molar refractivity (Wildman–Crippen MR) is 59.8 cm³/mol. The summed E-state index contributed by atoms with van der Waals surface area (Å²) in [5, 5.41) is 7.02. The van der Waals surface area contributed by atoms with Gasteiger partial charge in [0, 0.05) is 18.8 Å². The maximum absolute atomic E-state index is 11.7. The molecule has 0 aliphatic rings. The van der Waals surface area contributed by atoms with Crippen LogP contribution in [0.25, 0.3) is 0 Å². The van der Waals surface area contributed by atoms with Gasteiger partial charge < -0.3 is 5.32 Å². The lowest BCUT2D eigenvalue weighted by Crippen LogP contribution is -2.27. The van der Waals surface area contributed by atoms with Crippen molar-refractivity contribution in [1.29, 1.82) is 0 Å². The zero-order valence-corrected chi connectivity index (χ0v) is 9.87. The Balaban J connectivity index is 2.69. The molecule has 1 amide bonds. The number of aryl methyl sites for hydroxylation is 1. The number of nitrogens with one attached hydrogen (secondary N) is 1. The van der Waals surface area contributed by atoms with Crippen LogP contribution in [-0.2, 0) is 6.54 Å². The van der Waals surface area contributed by atoms with E-state index in [2.05, 4.69) is 24.3 Å². The third kappa shape index (κ3) is 2.81. The molecule has 0 bridgehead atoms. The molecule has 0 spiro atoms. The summed E-state index contributed by atoms with van der Waals surface area (Å²) in [4.78, 5) is 11.7. The van der Waals surface area contributed by atoms with Crippen LogP contribution in [0.15, 0.2) is 6.20 Å². The normalized spacial score (nSPS) is 10.7. The van der Waals surface area contributed by atoms with Crippen LogP contribution in [-0.4, -0.2) is 22.2 Å². The monoisotopic (exact) mass is 209 g/mol. The van der Waals surface area contributed by atoms with Gasteiger partial charge in [0.2, 0.25) is 0 Å². The first-order chi connectivity index (χ1) is 7.06. The fourth-order valence-corrected chi connectivity index (χ4v) is 1.38. The molecule has 1 heterocycles. The van der Waals surface area contributed by atoms with Crippen molar-refractivity contribution in [1.82, 2.24) is 15.1 Å². The van der Waals surface area contributed by atoms with E-state index in [9.17, 15) is 4.79 Å². The molecule has 1 aromatic heterocycles. The number of amides is 1. The number of rotatable bonds is 4. The molecule has 4 nitrogen and oxygen atoms in total. The van der Waals surface area contributed by atoms with E-state index in [-0.39, 0.29) is 5.91 Å². The highest BCUT2D eigenvalue weighted by Crippen LogP contribution is 2.06. The minimum absolute atomic E-state index is 0.0269. The molecule has 1 rings (SSSR count). The second-order valence-corrected chi connectivity index (χ2v) is 4.06. The Morgan fingerprint density at radius 1 is 1.60 bits per heavy atom. The molecule has 15 heavy (non-hydrogen) atoms. The number of hydrogen-bond acceptors (Lipinski definition) is 2. The van der Waals surface area contributed by atoms with Crippen molar-refractivity contribution in [3.63, 3.8) is 0 Å². The summed E-state index contributed by atoms with van der Waals surface area (Å²) in [6, 6.07) is 0. The smallest absolute Gasteiger partial charge is 0.254 e. The minimum Gasteiger partial charge on any atom is -0.352 e. The van der Waals surface area contributed by atoms with Crippen molar-refractivity contribution >= 4 is 5.91 Å². The van der Waals surface area contributed by atoms with E-state index in [0.717, 1.165) is 12.2 Å². The molecule has 84 valence electrons. The molecular weight excluding hydrogens is 190 g/mol. The zero-order chi connectivity index (χ0) is 11.4. The highest BCUT2D eigenvalue weighted by atomic mass is 16.1. The Bertz CT molecular complexity index is 342. The largest absolute Gasteiger partial charge is 0.352 e. The van der Waals surface area contributed by atoms with Crippen molar-refractivity contribution in [2.45, 2.75) is 34.2 Å². The van der Waals surface area contributed by atoms with E-state index in [0.29, 0.717) is 18.0 Å². The Kier molecular flexibility index (Phi) is 3.88. The molecule has 0 atom stereocenters. The summed E-state index contributed by atoms with van der Waals surface area (Å²) in [6.07, 6.45) is 1.63. The second kappa shape index (κ2) is 4.96. The molecule has 0 aliphatic carbocycles. The molecule has 0 radical (unpaired) electrons. The quantitative estimate of drug-likeness (QED) is 0.818. The van der Waals surface area contributed by atoms with Gasteiger partial charge in [-0.3, -0.25) is 9.48 Å². The lowest BCUT2D eigenvalue weighted by atomic mass is 10.2. The van der Waals surface area contributed by atoms with Gasteiger partial charge >= 0.3 is 0 Å². The first-order valence-electron chi connectivity index (χ1n) is 5.36. The highest BCUT2D eigenvalue weighted by Gasteiger charge is 2.12. The number of nitrogens with zero attached hydrogens (tertiary/aromatic N) is 2. The number of carbonyl (C=O) groups is 1. The molecule has 4 heteroatoms. The van der Waals surface area contributed by atoms with Crippen molar-refractivity contribution in [3.8, 4) is 0 Å². The Morgan fingerprint density at radius 2 is 2.27 bits per heavy atom. The lowest BCUT2D eigenvalue weighted by molar-refractivity contribution is 0.0948. The third-order valence-electron chi connectivity index (χ3n) is 2.32. The van der Waals surface area contributed by atoms with Crippen molar-refractivity contribution < 1.29 is 4.79 Å². The molecule has 1 N–H and O–H groups in total. The van der Waals surface area contributed by atoms with Gasteiger partial charge in [-0.2, -0.15) is 5.10 Å². The molecule has 0 fully saturated rings. The van der Waals surface area contributed by atoms with Gasteiger partial charge in [-0.25, -0.2) is 0 Å². The number of carbonyl (C=O) groups excluding carboxylic acids is 1. The van der Waals surface area contributed by atoms with Gasteiger partial charge in [0.15, 0.2) is 0 Å². The molecule has 0 aromatic carbocycles. The van der Waals surface area contributed by atoms with Crippen LogP contribution in [0.4, 0.5) is 0 Å². The SMILES string of the molecule is CCn1ncc(C(=O)NCC(C)C)c1C. The fraction of sp³-hybridized carbons (Fsp3) is 0.636. The Labute approximate surface area is 90.7 Å². The van der Waals surface area contributed by atoms with E-state index < -0.39 is 0 Å². The molecule has 0 saturated heterocycles. The van der Waals surface area contributed by atoms with E-state index in [1.807, 2.05) is 18.5 Å². The highest BCUT2D eigenvalue weighted by molar-refractivity contribution is 5.94. The average molecular weight is 209 g/mol. The van der Waals surface area contributed by atoms with E-state index in [1.54, 1.807) is 6.20 Å².